The van der Waals surface area contributed by atoms with Crippen LogP contribution < -0.4 is 10.6 Å². The first kappa shape index (κ1) is 16.1. The van der Waals surface area contributed by atoms with Crippen molar-refractivity contribution in [2.24, 2.45) is 5.92 Å². The van der Waals surface area contributed by atoms with Gasteiger partial charge in [0.05, 0.1) is 6.04 Å². The molecular formula is C16H24N4O2S. The standard InChI is InChI=1S/C16H24N4O2S/c1-12(14-4-9-23-11-14)18-16(22)19-6-2-13(3-7-19)10-20-8-5-17-15(20)21/h4,9,11-13H,2-3,5-8,10H2,1H3,(H,17,21)(H,18,22). The van der Waals surface area contributed by atoms with Gasteiger partial charge in [-0.15, -0.1) is 0 Å². The van der Waals surface area contributed by atoms with Crippen molar-refractivity contribution in [3.63, 3.8) is 0 Å². The maximum atomic E-state index is 12.4. The van der Waals surface area contributed by atoms with E-state index in [-0.39, 0.29) is 18.1 Å². The zero-order valence-corrected chi connectivity index (χ0v) is 14.3. The molecule has 2 fully saturated rings. The monoisotopic (exact) mass is 336 g/mol. The maximum absolute atomic E-state index is 12.4. The number of nitrogens with one attached hydrogen (secondary N) is 2. The molecule has 1 aromatic rings. The Kier molecular flexibility index (Phi) is 5.05. The number of amides is 4. The van der Waals surface area contributed by atoms with Gasteiger partial charge in [-0.05, 0) is 48.1 Å². The lowest BCUT2D eigenvalue weighted by atomic mass is 9.96. The summed E-state index contributed by atoms with van der Waals surface area (Å²) in [5.41, 5.74) is 1.15. The van der Waals surface area contributed by atoms with Crippen molar-refractivity contribution in [3.05, 3.63) is 22.4 Å². The summed E-state index contributed by atoms with van der Waals surface area (Å²) in [4.78, 5) is 27.7. The van der Waals surface area contributed by atoms with Crippen LogP contribution in [0.4, 0.5) is 9.59 Å². The molecule has 1 atom stereocenters. The van der Waals surface area contributed by atoms with Crippen LogP contribution in [-0.2, 0) is 0 Å². The molecule has 7 heteroatoms. The first-order valence-electron chi connectivity index (χ1n) is 8.24. The number of thiophene rings is 1. The topological polar surface area (TPSA) is 64.7 Å². The fourth-order valence-corrected chi connectivity index (χ4v) is 3.95. The summed E-state index contributed by atoms with van der Waals surface area (Å²) in [6.07, 6.45) is 1.92. The quantitative estimate of drug-likeness (QED) is 0.886. The molecule has 1 unspecified atom stereocenters. The molecule has 0 radical (unpaired) electrons. The van der Waals surface area contributed by atoms with E-state index in [1.54, 1.807) is 11.3 Å². The molecule has 2 aliphatic rings. The summed E-state index contributed by atoms with van der Waals surface area (Å²) in [6.45, 7) is 5.91. The molecule has 3 heterocycles. The number of carbonyl (C=O) groups excluding carboxylic acids is 2. The molecule has 2 aliphatic heterocycles. The van der Waals surface area contributed by atoms with Crippen molar-refractivity contribution in [2.45, 2.75) is 25.8 Å². The Morgan fingerprint density at radius 2 is 2.22 bits per heavy atom. The molecule has 0 saturated carbocycles. The van der Waals surface area contributed by atoms with E-state index in [0.717, 1.165) is 51.1 Å². The van der Waals surface area contributed by atoms with Crippen LogP contribution in [0.2, 0.25) is 0 Å². The highest BCUT2D eigenvalue weighted by atomic mass is 32.1. The van der Waals surface area contributed by atoms with Gasteiger partial charge in [0.1, 0.15) is 0 Å². The molecule has 6 nitrogen and oxygen atoms in total. The van der Waals surface area contributed by atoms with Gasteiger partial charge in [0.2, 0.25) is 0 Å². The van der Waals surface area contributed by atoms with Crippen molar-refractivity contribution < 1.29 is 9.59 Å². The van der Waals surface area contributed by atoms with Gasteiger partial charge in [-0.2, -0.15) is 11.3 Å². The summed E-state index contributed by atoms with van der Waals surface area (Å²) < 4.78 is 0. The molecule has 3 rings (SSSR count). The van der Waals surface area contributed by atoms with E-state index in [4.69, 9.17) is 0 Å². The fourth-order valence-electron chi connectivity index (χ4n) is 3.20. The second-order valence-electron chi connectivity index (χ2n) is 6.34. The number of carbonyl (C=O) groups is 2. The summed E-state index contributed by atoms with van der Waals surface area (Å²) in [7, 11) is 0. The Balaban J connectivity index is 1.43. The molecule has 0 aliphatic carbocycles. The third-order valence-corrected chi connectivity index (χ3v) is 5.41. The minimum absolute atomic E-state index is 0.0149. The summed E-state index contributed by atoms with van der Waals surface area (Å²) >= 11 is 1.64. The van der Waals surface area contributed by atoms with Crippen molar-refractivity contribution in [1.29, 1.82) is 0 Å². The van der Waals surface area contributed by atoms with Gasteiger partial charge in [0, 0.05) is 32.7 Å². The zero-order chi connectivity index (χ0) is 16.2. The lowest BCUT2D eigenvalue weighted by Gasteiger charge is -2.34. The highest BCUT2D eigenvalue weighted by molar-refractivity contribution is 7.07. The van der Waals surface area contributed by atoms with E-state index in [1.807, 2.05) is 28.2 Å². The molecule has 2 saturated heterocycles. The van der Waals surface area contributed by atoms with E-state index < -0.39 is 0 Å². The third kappa shape index (κ3) is 3.96. The van der Waals surface area contributed by atoms with E-state index in [0.29, 0.717) is 5.92 Å². The van der Waals surface area contributed by atoms with Crippen LogP contribution in [0.15, 0.2) is 16.8 Å². The minimum atomic E-state index is 0.0149. The number of rotatable bonds is 4. The van der Waals surface area contributed by atoms with Crippen molar-refractivity contribution >= 4 is 23.4 Å². The van der Waals surface area contributed by atoms with Crippen molar-refractivity contribution in [2.75, 3.05) is 32.7 Å². The largest absolute Gasteiger partial charge is 0.336 e. The Hall–Kier alpha value is -1.76. The van der Waals surface area contributed by atoms with Crippen LogP contribution >= 0.6 is 11.3 Å². The molecule has 126 valence electrons. The molecule has 0 spiro atoms. The van der Waals surface area contributed by atoms with Gasteiger partial charge < -0.3 is 20.4 Å². The third-order valence-electron chi connectivity index (χ3n) is 4.71. The van der Waals surface area contributed by atoms with Crippen molar-refractivity contribution in [3.8, 4) is 0 Å². The van der Waals surface area contributed by atoms with Crippen LogP contribution in [0.3, 0.4) is 0 Å². The normalized spacial score (nSPS) is 20.5. The van der Waals surface area contributed by atoms with Gasteiger partial charge >= 0.3 is 12.1 Å². The van der Waals surface area contributed by atoms with Crippen molar-refractivity contribution in [1.82, 2.24) is 20.4 Å². The highest BCUT2D eigenvalue weighted by Crippen LogP contribution is 2.21. The van der Waals surface area contributed by atoms with E-state index >= 15 is 0 Å². The predicted octanol–water partition coefficient (Wildman–Crippen LogP) is 2.26. The minimum Gasteiger partial charge on any atom is -0.336 e. The van der Waals surface area contributed by atoms with Gasteiger partial charge in [0.25, 0.3) is 0 Å². The van der Waals surface area contributed by atoms with Crippen LogP contribution in [0.5, 0.6) is 0 Å². The first-order valence-corrected chi connectivity index (χ1v) is 9.18. The number of nitrogens with zero attached hydrogens (tertiary/aromatic N) is 2. The second-order valence-corrected chi connectivity index (χ2v) is 7.12. The Labute approximate surface area is 140 Å². The molecule has 2 N–H and O–H groups in total. The van der Waals surface area contributed by atoms with Gasteiger partial charge in [-0.1, -0.05) is 0 Å². The van der Waals surface area contributed by atoms with Gasteiger partial charge in [-0.3, -0.25) is 0 Å². The molecule has 1 aromatic heterocycles. The number of hydrogen-bond acceptors (Lipinski definition) is 3. The lowest BCUT2D eigenvalue weighted by Crippen LogP contribution is -2.46. The number of urea groups is 2. The van der Waals surface area contributed by atoms with Crippen LogP contribution in [-0.4, -0.2) is 54.6 Å². The predicted molar refractivity (Wildman–Crippen MR) is 90.5 cm³/mol. The lowest BCUT2D eigenvalue weighted by molar-refractivity contribution is 0.153. The Morgan fingerprint density at radius 1 is 1.43 bits per heavy atom. The van der Waals surface area contributed by atoms with Gasteiger partial charge in [-0.25, -0.2) is 9.59 Å². The smallest absolute Gasteiger partial charge is 0.317 e. The zero-order valence-electron chi connectivity index (χ0n) is 13.5. The van der Waals surface area contributed by atoms with Crippen LogP contribution in [0.1, 0.15) is 31.4 Å². The molecule has 4 amide bonds. The fraction of sp³-hybridized carbons (Fsp3) is 0.625. The SMILES string of the molecule is CC(NC(=O)N1CCC(CN2CCNC2=O)CC1)c1ccsc1. The summed E-state index contributed by atoms with van der Waals surface area (Å²) in [5.74, 6) is 0.497. The highest BCUT2D eigenvalue weighted by Gasteiger charge is 2.28. The average Bonchev–Trinajstić information content (AvgIpc) is 3.20. The molecule has 0 bridgehead atoms. The number of piperidine rings is 1. The molecule has 0 aromatic carbocycles. The molecule has 23 heavy (non-hydrogen) atoms. The van der Waals surface area contributed by atoms with Gasteiger partial charge in [0.15, 0.2) is 0 Å². The second kappa shape index (κ2) is 7.21. The van der Waals surface area contributed by atoms with E-state index in [2.05, 4.69) is 16.0 Å². The Bertz CT molecular complexity index is 540. The maximum Gasteiger partial charge on any atom is 0.317 e. The molecular weight excluding hydrogens is 312 g/mol. The summed E-state index contributed by atoms with van der Waals surface area (Å²) in [5, 5.41) is 9.99. The van der Waals surface area contributed by atoms with Crippen LogP contribution in [0, 0.1) is 5.92 Å². The first-order chi connectivity index (χ1) is 11.1. The Morgan fingerprint density at radius 3 is 2.83 bits per heavy atom. The van der Waals surface area contributed by atoms with E-state index in [9.17, 15) is 9.59 Å². The number of hydrogen-bond donors (Lipinski definition) is 2. The average molecular weight is 336 g/mol. The summed E-state index contributed by atoms with van der Waals surface area (Å²) in [6, 6.07) is 2.15. The van der Waals surface area contributed by atoms with E-state index in [1.165, 1.54) is 0 Å². The van der Waals surface area contributed by atoms with Crippen LogP contribution in [0.25, 0.3) is 0 Å². The number of likely N-dealkylation sites (tertiary alicyclic amines) is 1.